The zero-order chi connectivity index (χ0) is 28.9. The Morgan fingerprint density at radius 1 is 0.821 bits per heavy atom. The molecule has 12 nitrogen and oxygen atoms in total. The van der Waals surface area contributed by atoms with E-state index in [1.807, 2.05) is 36.4 Å². The van der Waals surface area contributed by atoms with Crippen molar-refractivity contribution in [2.45, 2.75) is 80.8 Å². The lowest BCUT2D eigenvalue weighted by molar-refractivity contribution is 0.284. The molecule has 0 bridgehead atoms. The Morgan fingerprint density at radius 2 is 1.33 bits per heavy atom. The van der Waals surface area contributed by atoms with Gasteiger partial charge in [-0.15, -0.1) is 0 Å². The molecule has 2 aromatic rings. The number of nitrogen functional groups attached to an aromatic ring is 2. The second-order valence-corrected chi connectivity index (χ2v) is 11.3. The van der Waals surface area contributed by atoms with Gasteiger partial charge in [-0.05, 0) is 67.7 Å². The van der Waals surface area contributed by atoms with Gasteiger partial charge in [-0.2, -0.15) is 0 Å². The van der Waals surface area contributed by atoms with Crippen molar-refractivity contribution in [1.82, 2.24) is 5.43 Å². The second kappa shape index (κ2) is 13.1. The number of anilines is 4. The largest absolute Gasteiger partial charge is 0.397 e. The molecule has 6 atom stereocenters. The first kappa shape index (κ1) is 30.9. The van der Waals surface area contributed by atoms with E-state index >= 15 is 0 Å². The molecule has 12 heteroatoms. The van der Waals surface area contributed by atoms with Gasteiger partial charge < -0.3 is 62.3 Å². The molecule has 0 aromatic heterocycles. The molecule has 0 aliphatic heterocycles. The van der Waals surface area contributed by atoms with Crippen molar-refractivity contribution in [2.75, 3.05) is 35.3 Å². The minimum absolute atomic E-state index is 0.0564. The van der Waals surface area contributed by atoms with Crippen molar-refractivity contribution in [3.05, 3.63) is 47.5 Å². The van der Waals surface area contributed by atoms with E-state index in [4.69, 9.17) is 51.6 Å². The smallest absolute Gasteiger partial charge is 0.0721 e. The van der Waals surface area contributed by atoms with Gasteiger partial charge in [0.25, 0.3) is 0 Å². The van der Waals surface area contributed by atoms with E-state index in [1.54, 1.807) is 0 Å². The summed E-state index contributed by atoms with van der Waals surface area (Å²) >= 11 is 0. The third-order valence-electron chi connectivity index (χ3n) is 8.12. The number of hydrogen-bond acceptors (Lipinski definition) is 12. The summed E-state index contributed by atoms with van der Waals surface area (Å²) in [5.41, 5.74) is 66.7. The van der Waals surface area contributed by atoms with Crippen LogP contribution in [0.4, 0.5) is 22.7 Å². The quantitative estimate of drug-likeness (QED) is 0.113. The minimum atomic E-state index is -0.398. The summed E-state index contributed by atoms with van der Waals surface area (Å²) in [6, 6.07) is 10.2. The van der Waals surface area contributed by atoms with Crippen LogP contribution in [0.2, 0.25) is 0 Å². The Bertz CT molecular complexity index is 1060. The van der Waals surface area contributed by atoms with E-state index < -0.39 is 5.41 Å². The maximum absolute atomic E-state index is 6.41. The van der Waals surface area contributed by atoms with Gasteiger partial charge in [0, 0.05) is 41.7 Å². The fourth-order valence-corrected chi connectivity index (χ4v) is 5.22. The predicted molar refractivity (Wildman–Crippen MR) is 164 cm³/mol. The summed E-state index contributed by atoms with van der Waals surface area (Å²) in [5, 5.41) is 3.45. The molecule has 1 aliphatic rings. The third-order valence-corrected chi connectivity index (χ3v) is 8.12. The van der Waals surface area contributed by atoms with Crippen LogP contribution in [-0.2, 0) is 5.41 Å². The number of benzene rings is 2. The number of nitrogens with two attached hydrogens (primary N) is 9. The lowest BCUT2D eigenvalue weighted by atomic mass is 9.77. The lowest BCUT2D eigenvalue weighted by Crippen LogP contribution is -2.69. The number of hydrazine groups is 1. The van der Waals surface area contributed by atoms with Crippen molar-refractivity contribution in [3.63, 3.8) is 0 Å². The summed E-state index contributed by atoms with van der Waals surface area (Å²) in [4.78, 5) is 0. The lowest BCUT2D eigenvalue weighted by Gasteiger charge is -2.42. The topological polar surface area (TPSA) is 270 Å². The molecule has 1 aliphatic carbocycles. The molecule has 0 spiro atoms. The Labute approximate surface area is 232 Å². The average molecular weight is 543 g/mol. The number of rotatable bonds is 12. The highest BCUT2D eigenvalue weighted by Crippen LogP contribution is 2.37. The molecule has 6 unspecified atom stereocenters. The Hall–Kier alpha value is -2.68. The maximum Gasteiger partial charge on any atom is 0.0721 e. The highest BCUT2D eigenvalue weighted by molar-refractivity contribution is 5.70. The monoisotopic (exact) mass is 542 g/mol. The number of hydrogen-bond donors (Lipinski definition) is 12. The molecule has 0 saturated heterocycles. The third kappa shape index (κ3) is 7.10. The first-order chi connectivity index (χ1) is 18.4. The normalized spacial score (nSPS) is 25.2. The molecular weight excluding hydrogens is 492 g/mol. The molecule has 0 amide bonds. The van der Waals surface area contributed by atoms with E-state index in [9.17, 15) is 0 Å². The fourth-order valence-electron chi connectivity index (χ4n) is 5.22. The van der Waals surface area contributed by atoms with E-state index in [0.29, 0.717) is 43.7 Å². The maximum atomic E-state index is 6.41. The van der Waals surface area contributed by atoms with Crippen molar-refractivity contribution >= 4 is 22.7 Å². The Kier molecular flexibility index (Phi) is 10.4. The molecule has 3 rings (SSSR count). The molecule has 2 aromatic carbocycles. The summed E-state index contributed by atoms with van der Waals surface area (Å²) in [7, 11) is 0. The highest BCUT2D eigenvalue weighted by atomic mass is 15.4. The van der Waals surface area contributed by atoms with Crippen molar-refractivity contribution in [2.24, 2.45) is 40.1 Å². The highest BCUT2D eigenvalue weighted by Gasteiger charge is 2.39. The van der Waals surface area contributed by atoms with Gasteiger partial charge in [-0.1, -0.05) is 26.0 Å². The average Bonchev–Trinajstić information content (AvgIpc) is 2.89. The van der Waals surface area contributed by atoms with Crippen molar-refractivity contribution in [3.8, 4) is 0 Å². The van der Waals surface area contributed by atoms with Gasteiger partial charge >= 0.3 is 0 Å². The molecule has 1 fully saturated rings. The van der Waals surface area contributed by atoms with Gasteiger partial charge in [0.2, 0.25) is 0 Å². The van der Waals surface area contributed by atoms with Crippen LogP contribution in [0, 0.1) is 0 Å². The van der Waals surface area contributed by atoms with Gasteiger partial charge in [0.05, 0.1) is 28.8 Å². The summed E-state index contributed by atoms with van der Waals surface area (Å²) in [6.07, 6.45) is 1.96. The Morgan fingerprint density at radius 3 is 1.87 bits per heavy atom. The van der Waals surface area contributed by atoms with Gasteiger partial charge in [-0.3, -0.25) is 0 Å². The second-order valence-electron chi connectivity index (χ2n) is 11.3. The van der Waals surface area contributed by atoms with E-state index in [0.717, 1.165) is 22.5 Å². The molecule has 0 radical (unpaired) electrons. The first-order valence-corrected chi connectivity index (χ1v) is 13.7. The zero-order valence-corrected chi connectivity index (χ0v) is 23.2. The molecule has 0 heterocycles. The van der Waals surface area contributed by atoms with Crippen molar-refractivity contribution in [1.29, 1.82) is 0 Å². The molecule has 1 saturated carbocycles. The van der Waals surface area contributed by atoms with Crippen LogP contribution in [0.25, 0.3) is 0 Å². The minimum Gasteiger partial charge on any atom is -0.397 e. The SMILES string of the molecule is CC(C)(c1ccc(N)c(NNC(CCN)C(N)CCN)c1)c1ccc(N)c(NC2C(N)C(N)CC(N)C2N)c1. The van der Waals surface area contributed by atoms with Crippen LogP contribution in [0.1, 0.15) is 44.2 Å². The van der Waals surface area contributed by atoms with E-state index in [-0.39, 0.29) is 42.3 Å². The molecule has 39 heavy (non-hydrogen) atoms. The van der Waals surface area contributed by atoms with Gasteiger partial charge in [-0.25, -0.2) is 5.43 Å². The van der Waals surface area contributed by atoms with Crippen LogP contribution in [0.5, 0.6) is 0 Å². The molecule has 218 valence electrons. The standard InChI is InChI=1S/C27H50N12/c1-27(2,15-4-6-17(31)23(12-15)39-38-21(8-10-29)18(32)7-9-28)14-3-5-16(30)22(11-14)37-26-24(35)19(33)13-20(34)25(26)36/h3-6,11-12,18-21,24-26,37-39H,7-10,13,28-36H2,1-2H3. The van der Waals surface area contributed by atoms with Crippen molar-refractivity contribution < 1.29 is 0 Å². The molecule has 21 N–H and O–H groups in total. The van der Waals surface area contributed by atoms with Gasteiger partial charge in [0.1, 0.15) is 0 Å². The van der Waals surface area contributed by atoms with Crippen LogP contribution < -0.4 is 67.8 Å². The van der Waals surface area contributed by atoms with Crippen LogP contribution in [0.3, 0.4) is 0 Å². The van der Waals surface area contributed by atoms with E-state index in [1.165, 1.54) is 0 Å². The van der Waals surface area contributed by atoms with Gasteiger partial charge in [0.15, 0.2) is 0 Å². The van der Waals surface area contributed by atoms with Crippen LogP contribution in [-0.4, -0.2) is 55.4 Å². The fraction of sp³-hybridized carbons (Fsp3) is 0.556. The zero-order valence-electron chi connectivity index (χ0n) is 23.2. The van der Waals surface area contributed by atoms with Crippen LogP contribution >= 0.6 is 0 Å². The van der Waals surface area contributed by atoms with Crippen LogP contribution in [0.15, 0.2) is 36.4 Å². The Balaban J connectivity index is 1.85. The predicted octanol–water partition coefficient (Wildman–Crippen LogP) is -1.02. The summed E-state index contributed by atoms with van der Waals surface area (Å²) in [5.74, 6) is 0. The first-order valence-electron chi connectivity index (χ1n) is 13.7. The number of nitrogens with one attached hydrogen (secondary N) is 3. The summed E-state index contributed by atoms with van der Waals surface area (Å²) in [6.45, 7) is 5.29. The van der Waals surface area contributed by atoms with E-state index in [2.05, 4.69) is 30.0 Å². The molecular formula is C27H50N12. The summed E-state index contributed by atoms with van der Waals surface area (Å²) < 4.78 is 0.